The predicted octanol–water partition coefficient (Wildman–Crippen LogP) is 1.73. The zero-order valence-corrected chi connectivity index (χ0v) is 16.2. The van der Waals surface area contributed by atoms with E-state index in [-0.39, 0.29) is 30.0 Å². The molecule has 3 amide bonds. The Labute approximate surface area is 160 Å². The van der Waals surface area contributed by atoms with E-state index in [0.29, 0.717) is 26.2 Å². The van der Waals surface area contributed by atoms with Gasteiger partial charge in [-0.3, -0.25) is 4.79 Å². The van der Waals surface area contributed by atoms with Crippen LogP contribution in [0.25, 0.3) is 0 Å². The molecule has 0 radical (unpaired) electrons. The lowest BCUT2D eigenvalue weighted by molar-refractivity contribution is -0.141. The third-order valence-electron chi connectivity index (χ3n) is 5.27. The molecule has 1 aromatic rings. The summed E-state index contributed by atoms with van der Waals surface area (Å²) in [6, 6.07) is 7.22. The number of piperidine rings is 1. The molecule has 3 N–H and O–H groups in total. The van der Waals surface area contributed by atoms with Crippen molar-refractivity contribution in [3.63, 3.8) is 0 Å². The average molecular weight is 374 g/mol. The summed E-state index contributed by atoms with van der Waals surface area (Å²) < 4.78 is 5.60. The zero-order valence-electron chi connectivity index (χ0n) is 16.2. The fraction of sp³-hybridized carbons (Fsp3) is 0.600. The second-order valence-corrected chi connectivity index (χ2v) is 7.50. The number of likely N-dealkylation sites (tertiary alicyclic amines) is 1. The molecule has 0 spiro atoms. The van der Waals surface area contributed by atoms with Crippen LogP contribution in [0.1, 0.15) is 25.3 Å². The van der Waals surface area contributed by atoms with Crippen LogP contribution < -0.4 is 16.0 Å². The molecule has 0 aromatic heterocycles. The van der Waals surface area contributed by atoms with E-state index in [1.165, 1.54) is 0 Å². The van der Waals surface area contributed by atoms with Crippen molar-refractivity contribution in [2.45, 2.75) is 38.8 Å². The number of nitrogens with one attached hydrogen (secondary N) is 3. The first-order valence-electron chi connectivity index (χ1n) is 9.78. The molecule has 1 unspecified atom stereocenters. The maximum atomic E-state index is 12.8. The monoisotopic (exact) mass is 374 g/mol. The summed E-state index contributed by atoms with van der Waals surface area (Å²) >= 11 is 0. The first kappa shape index (κ1) is 19.6. The lowest BCUT2D eigenvalue weighted by Crippen LogP contribution is -2.58. The van der Waals surface area contributed by atoms with Gasteiger partial charge in [0.25, 0.3) is 0 Å². The number of rotatable bonds is 4. The second kappa shape index (κ2) is 9.19. The number of ether oxygens (including phenoxy) is 1. The van der Waals surface area contributed by atoms with E-state index in [1.54, 1.807) is 0 Å². The van der Waals surface area contributed by atoms with Crippen LogP contribution in [0.4, 0.5) is 10.5 Å². The molecule has 2 saturated heterocycles. The highest BCUT2D eigenvalue weighted by Crippen LogP contribution is 2.18. The molecule has 27 heavy (non-hydrogen) atoms. The minimum atomic E-state index is -0.268. The van der Waals surface area contributed by atoms with Crippen LogP contribution in [0, 0.1) is 12.8 Å². The van der Waals surface area contributed by atoms with E-state index >= 15 is 0 Å². The first-order chi connectivity index (χ1) is 13.0. The van der Waals surface area contributed by atoms with Gasteiger partial charge < -0.3 is 25.6 Å². The van der Waals surface area contributed by atoms with Gasteiger partial charge in [-0.2, -0.15) is 0 Å². The number of benzene rings is 1. The van der Waals surface area contributed by atoms with Crippen molar-refractivity contribution in [2.24, 2.45) is 5.92 Å². The highest BCUT2D eigenvalue weighted by molar-refractivity contribution is 5.89. The molecule has 0 saturated carbocycles. The Hall–Kier alpha value is -2.12. The normalized spacial score (nSPS) is 25.7. The van der Waals surface area contributed by atoms with Crippen LogP contribution in [0.15, 0.2) is 24.3 Å². The number of carbonyl (C=O) groups is 2. The molecule has 2 aliphatic rings. The minimum absolute atomic E-state index is 0.106. The molecule has 2 fully saturated rings. The fourth-order valence-corrected chi connectivity index (χ4v) is 3.69. The number of amides is 3. The summed E-state index contributed by atoms with van der Waals surface area (Å²) in [6.45, 7) is 7.31. The number of anilines is 1. The highest BCUT2D eigenvalue weighted by Gasteiger charge is 2.34. The van der Waals surface area contributed by atoms with E-state index in [4.69, 9.17) is 4.74 Å². The van der Waals surface area contributed by atoms with Gasteiger partial charge in [0.05, 0.1) is 12.7 Å². The van der Waals surface area contributed by atoms with Crippen LogP contribution in [0.3, 0.4) is 0 Å². The summed E-state index contributed by atoms with van der Waals surface area (Å²) in [5, 5.41) is 9.04. The number of carbonyl (C=O) groups excluding carboxylic acids is 2. The fourth-order valence-electron chi connectivity index (χ4n) is 3.69. The molecule has 2 heterocycles. The molecule has 148 valence electrons. The lowest BCUT2D eigenvalue weighted by atomic mass is 9.96. The summed E-state index contributed by atoms with van der Waals surface area (Å²) in [6.07, 6.45) is 1.86. The largest absolute Gasteiger partial charge is 0.375 e. The van der Waals surface area contributed by atoms with Gasteiger partial charge in [0.1, 0.15) is 6.04 Å². The van der Waals surface area contributed by atoms with Crippen LogP contribution in [0.5, 0.6) is 0 Å². The van der Waals surface area contributed by atoms with Gasteiger partial charge in [0, 0.05) is 31.9 Å². The third kappa shape index (κ3) is 5.43. The molecule has 3 rings (SSSR count). The van der Waals surface area contributed by atoms with Gasteiger partial charge in [-0.15, -0.1) is 0 Å². The molecular weight excluding hydrogens is 344 g/mol. The molecule has 1 aromatic carbocycles. The number of aryl methyl sites for hydroxylation is 1. The van der Waals surface area contributed by atoms with Gasteiger partial charge in [0.15, 0.2) is 0 Å². The summed E-state index contributed by atoms with van der Waals surface area (Å²) in [4.78, 5) is 26.8. The maximum absolute atomic E-state index is 12.8. The molecule has 0 aliphatic carbocycles. The third-order valence-corrected chi connectivity index (χ3v) is 5.27. The number of morpholine rings is 1. The summed E-state index contributed by atoms with van der Waals surface area (Å²) in [5.41, 5.74) is 1.93. The minimum Gasteiger partial charge on any atom is -0.375 e. The zero-order chi connectivity index (χ0) is 19.2. The molecule has 3 atom stereocenters. The molecule has 0 bridgehead atoms. The topological polar surface area (TPSA) is 82.7 Å². The average Bonchev–Trinajstić information content (AvgIpc) is 2.68. The van der Waals surface area contributed by atoms with E-state index in [2.05, 4.69) is 16.0 Å². The first-order valence-corrected chi connectivity index (χ1v) is 9.78. The summed E-state index contributed by atoms with van der Waals surface area (Å²) in [5.74, 6) is 0.377. The molecule has 7 nitrogen and oxygen atoms in total. The van der Waals surface area contributed by atoms with Gasteiger partial charge in [-0.05, 0) is 44.7 Å². The molecule has 2 aliphatic heterocycles. The van der Waals surface area contributed by atoms with E-state index < -0.39 is 0 Å². The summed E-state index contributed by atoms with van der Waals surface area (Å²) in [7, 11) is 0. The van der Waals surface area contributed by atoms with Gasteiger partial charge in [0.2, 0.25) is 5.91 Å². The number of nitrogens with zero attached hydrogens (tertiary/aromatic N) is 1. The maximum Gasteiger partial charge on any atom is 0.319 e. The van der Waals surface area contributed by atoms with Crippen molar-refractivity contribution in [1.29, 1.82) is 0 Å². The van der Waals surface area contributed by atoms with Crippen molar-refractivity contribution in [2.75, 3.05) is 38.1 Å². The van der Waals surface area contributed by atoms with E-state index in [1.807, 2.05) is 43.0 Å². The second-order valence-electron chi connectivity index (χ2n) is 7.50. The van der Waals surface area contributed by atoms with E-state index in [9.17, 15) is 9.59 Å². The smallest absolute Gasteiger partial charge is 0.319 e. The van der Waals surface area contributed by atoms with Crippen LogP contribution in [-0.2, 0) is 9.53 Å². The Bertz CT molecular complexity index is 649. The van der Waals surface area contributed by atoms with Gasteiger partial charge in [-0.25, -0.2) is 4.79 Å². The number of hydrogen-bond donors (Lipinski definition) is 3. The Morgan fingerprint density at radius 3 is 2.81 bits per heavy atom. The van der Waals surface area contributed by atoms with Gasteiger partial charge in [-0.1, -0.05) is 17.7 Å². The van der Waals surface area contributed by atoms with Crippen molar-refractivity contribution < 1.29 is 14.3 Å². The van der Waals surface area contributed by atoms with Crippen molar-refractivity contribution >= 4 is 17.6 Å². The predicted molar refractivity (Wildman–Crippen MR) is 105 cm³/mol. The Balaban J connectivity index is 1.45. The SMILES string of the molecule is Cc1ccc(NC(=O)NCC2CCCN(C(=O)[C@H]3NCCO[C@@H]3C)C2)cc1. The van der Waals surface area contributed by atoms with Crippen LogP contribution in [0.2, 0.25) is 0 Å². The molecular formula is C20H30N4O3. The Morgan fingerprint density at radius 1 is 1.30 bits per heavy atom. The van der Waals surface area contributed by atoms with Crippen molar-refractivity contribution in [1.82, 2.24) is 15.5 Å². The van der Waals surface area contributed by atoms with Gasteiger partial charge >= 0.3 is 6.03 Å². The standard InChI is InChI=1S/C20H30N4O3/c1-14-5-7-17(8-6-14)23-20(26)22-12-16-4-3-10-24(13-16)19(25)18-15(2)27-11-9-21-18/h5-8,15-16,18,21H,3-4,9-13H2,1-2H3,(H2,22,23,26)/t15-,16?,18+/m1/s1. The van der Waals surface area contributed by atoms with Crippen molar-refractivity contribution in [3.8, 4) is 0 Å². The van der Waals surface area contributed by atoms with Crippen LogP contribution in [-0.4, -0.2) is 61.8 Å². The van der Waals surface area contributed by atoms with Crippen molar-refractivity contribution in [3.05, 3.63) is 29.8 Å². The Kier molecular flexibility index (Phi) is 6.68. The van der Waals surface area contributed by atoms with Crippen LogP contribution >= 0.6 is 0 Å². The Morgan fingerprint density at radius 2 is 2.07 bits per heavy atom. The number of hydrogen-bond acceptors (Lipinski definition) is 4. The lowest BCUT2D eigenvalue weighted by Gasteiger charge is -2.38. The number of urea groups is 1. The molecule has 7 heteroatoms. The van der Waals surface area contributed by atoms with E-state index in [0.717, 1.165) is 30.6 Å². The highest BCUT2D eigenvalue weighted by atomic mass is 16.5. The quantitative estimate of drug-likeness (QED) is 0.750.